The first-order valence-electron chi connectivity index (χ1n) is 17.0. The van der Waals surface area contributed by atoms with Gasteiger partial charge in [0.25, 0.3) is 0 Å². The van der Waals surface area contributed by atoms with E-state index in [9.17, 15) is 0 Å². The second kappa shape index (κ2) is 16.4. The Hall–Kier alpha value is -4.96. The lowest BCUT2D eigenvalue weighted by molar-refractivity contribution is 0.474. The van der Waals surface area contributed by atoms with Gasteiger partial charge < -0.3 is 18.9 Å². The SMILES string of the molecule is C=COc1cc(C)c(C(CCCC(c2cc(C)c(OC=C)c(C)c2)c2cc(C)c(OC=C)cc2C)c2cc(C)c(OC=C)c(C)c2)cc1C. The van der Waals surface area contributed by atoms with Crippen LogP contribution in [0, 0.1) is 55.4 Å². The Bertz CT molecular complexity index is 1680. The zero-order chi connectivity index (χ0) is 35.8. The summed E-state index contributed by atoms with van der Waals surface area (Å²) in [6, 6.07) is 17.9. The summed E-state index contributed by atoms with van der Waals surface area (Å²) in [5.74, 6) is 3.74. The molecule has 0 aromatic heterocycles. The van der Waals surface area contributed by atoms with Crippen molar-refractivity contribution in [2.45, 2.75) is 86.5 Å². The molecule has 4 heteroatoms. The van der Waals surface area contributed by atoms with Crippen molar-refractivity contribution in [3.8, 4) is 23.0 Å². The molecule has 2 unspecified atom stereocenters. The lowest BCUT2D eigenvalue weighted by atomic mass is 9.79. The summed E-state index contributed by atoms with van der Waals surface area (Å²) in [5, 5.41) is 0. The Morgan fingerprint density at radius 1 is 0.429 bits per heavy atom. The standard InChI is InChI=1S/C45H52O4/c1-13-46-42-26-28(5)40(24-30(42)7)38(36-20-32(9)44(48-15-3)33(10)21-36)18-17-19-39(37-22-34(11)45(49-16-4)35(12)23-37)41-25-31(8)43(47-14-2)27-29(41)6/h13-16,20-27,38-39H,1-4,17-19H2,5-12H3. The van der Waals surface area contributed by atoms with Crippen molar-refractivity contribution in [3.05, 3.63) is 167 Å². The van der Waals surface area contributed by atoms with Gasteiger partial charge in [-0.2, -0.15) is 0 Å². The van der Waals surface area contributed by atoms with Gasteiger partial charge in [-0.25, -0.2) is 0 Å². The second-order valence-electron chi connectivity index (χ2n) is 13.1. The van der Waals surface area contributed by atoms with Gasteiger partial charge in [-0.15, -0.1) is 0 Å². The predicted octanol–water partition coefficient (Wildman–Crippen LogP) is 12.4. The molecule has 49 heavy (non-hydrogen) atoms. The normalized spacial score (nSPS) is 12.1. The number of aryl methyl sites for hydroxylation is 8. The minimum absolute atomic E-state index is 0.172. The third-order valence-electron chi connectivity index (χ3n) is 9.46. The van der Waals surface area contributed by atoms with Crippen LogP contribution in [-0.2, 0) is 0 Å². The highest BCUT2D eigenvalue weighted by molar-refractivity contribution is 5.52. The van der Waals surface area contributed by atoms with E-state index in [-0.39, 0.29) is 11.8 Å². The van der Waals surface area contributed by atoms with E-state index in [2.05, 4.69) is 130 Å². The van der Waals surface area contributed by atoms with Gasteiger partial charge in [0.2, 0.25) is 0 Å². The number of ether oxygens (including phenoxy) is 4. The van der Waals surface area contributed by atoms with E-state index < -0.39 is 0 Å². The van der Waals surface area contributed by atoms with Crippen molar-refractivity contribution in [1.82, 2.24) is 0 Å². The van der Waals surface area contributed by atoms with Crippen molar-refractivity contribution in [2.24, 2.45) is 0 Å². The molecule has 0 aliphatic heterocycles. The van der Waals surface area contributed by atoms with Crippen LogP contribution in [0.25, 0.3) is 0 Å². The summed E-state index contributed by atoms with van der Waals surface area (Å²) < 4.78 is 23.1. The maximum Gasteiger partial charge on any atom is 0.132 e. The maximum absolute atomic E-state index is 5.80. The van der Waals surface area contributed by atoms with Crippen LogP contribution < -0.4 is 18.9 Å². The summed E-state index contributed by atoms with van der Waals surface area (Å²) in [5.41, 5.74) is 14.1. The second-order valence-corrected chi connectivity index (χ2v) is 13.1. The minimum atomic E-state index is 0.172. The van der Waals surface area contributed by atoms with E-state index in [1.165, 1.54) is 58.4 Å². The Morgan fingerprint density at radius 3 is 1.06 bits per heavy atom. The average Bonchev–Trinajstić information content (AvgIpc) is 3.04. The van der Waals surface area contributed by atoms with Crippen molar-refractivity contribution in [1.29, 1.82) is 0 Å². The highest BCUT2D eigenvalue weighted by Gasteiger charge is 2.24. The molecular weight excluding hydrogens is 604 g/mol. The van der Waals surface area contributed by atoms with Crippen LogP contribution in [0.4, 0.5) is 0 Å². The molecule has 0 N–H and O–H groups in total. The molecule has 0 radical (unpaired) electrons. The smallest absolute Gasteiger partial charge is 0.132 e. The molecule has 0 aliphatic carbocycles. The highest BCUT2D eigenvalue weighted by atomic mass is 16.5. The summed E-state index contributed by atoms with van der Waals surface area (Å²) in [6.45, 7) is 32.1. The van der Waals surface area contributed by atoms with Crippen molar-refractivity contribution in [2.75, 3.05) is 0 Å². The third kappa shape index (κ3) is 8.37. The van der Waals surface area contributed by atoms with Crippen LogP contribution in [0.15, 0.2) is 99.9 Å². The van der Waals surface area contributed by atoms with Crippen LogP contribution in [0.5, 0.6) is 23.0 Å². The molecule has 0 fully saturated rings. The Labute approximate surface area is 294 Å². The molecule has 0 aliphatic rings. The molecule has 0 bridgehead atoms. The molecule has 0 amide bonds. The lowest BCUT2D eigenvalue weighted by Crippen LogP contribution is -2.09. The van der Waals surface area contributed by atoms with Crippen LogP contribution in [0.3, 0.4) is 0 Å². The van der Waals surface area contributed by atoms with Crippen molar-refractivity contribution < 1.29 is 18.9 Å². The number of rotatable bonds is 16. The quantitative estimate of drug-likeness (QED) is 0.112. The van der Waals surface area contributed by atoms with Crippen LogP contribution in [-0.4, -0.2) is 0 Å². The molecule has 4 aromatic carbocycles. The van der Waals surface area contributed by atoms with E-state index in [1.54, 1.807) is 0 Å². The largest absolute Gasteiger partial charge is 0.465 e. The fraction of sp³-hybridized carbons (Fsp3) is 0.289. The fourth-order valence-corrected chi connectivity index (χ4v) is 7.25. The molecule has 0 saturated carbocycles. The topological polar surface area (TPSA) is 36.9 Å². The molecular formula is C45H52O4. The molecule has 4 aromatic rings. The van der Waals surface area contributed by atoms with Gasteiger partial charge in [-0.05, 0) is 147 Å². The van der Waals surface area contributed by atoms with E-state index in [0.717, 1.165) is 75.6 Å². The first-order valence-corrected chi connectivity index (χ1v) is 17.0. The summed E-state index contributed by atoms with van der Waals surface area (Å²) in [6.07, 6.45) is 8.89. The number of hydrogen-bond acceptors (Lipinski definition) is 4. The van der Waals surface area contributed by atoms with Gasteiger partial charge in [0.05, 0.1) is 25.0 Å². The predicted molar refractivity (Wildman–Crippen MR) is 205 cm³/mol. The van der Waals surface area contributed by atoms with E-state index >= 15 is 0 Å². The molecule has 0 heterocycles. The van der Waals surface area contributed by atoms with E-state index in [4.69, 9.17) is 18.9 Å². The molecule has 0 saturated heterocycles. The van der Waals surface area contributed by atoms with Crippen LogP contribution in [0.1, 0.15) is 97.9 Å². The van der Waals surface area contributed by atoms with Gasteiger partial charge in [0.1, 0.15) is 23.0 Å². The van der Waals surface area contributed by atoms with Crippen molar-refractivity contribution in [3.63, 3.8) is 0 Å². The third-order valence-corrected chi connectivity index (χ3v) is 9.46. The highest BCUT2D eigenvalue weighted by Crippen LogP contribution is 2.42. The summed E-state index contributed by atoms with van der Waals surface area (Å²) in [4.78, 5) is 0. The Kier molecular flexibility index (Phi) is 12.4. The average molecular weight is 657 g/mol. The molecule has 0 spiro atoms. The van der Waals surface area contributed by atoms with Crippen LogP contribution >= 0.6 is 0 Å². The molecule has 2 atom stereocenters. The number of hydrogen-bond donors (Lipinski definition) is 0. The lowest BCUT2D eigenvalue weighted by Gasteiger charge is -2.26. The van der Waals surface area contributed by atoms with Crippen molar-refractivity contribution >= 4 is 0 Å². The van der Waals surface area contributed by atoms with E-state index in [0.29, 0.717) is 0 Å². The molecule has 4 nitrogen and oxygen atoms in total. The first-order chi connectivity index (χ1) is 23.4. The Balaban J connectivity index is 1.80. The summed E-state index contributed by atoms with van der Waals surface area (Å²) in [7, 11) is 0. The molecule has 4 rings (SSSR count). The van der Waals surface area contributed by atoms with Gasteiger partial charge in [0.15, 0.2) is 0 Å². The van der Waals surface area contributed by atoms with Gasteiger partial charge in [-0.1, -0.05) is 69.1 Å². The monoisotopic (exact) mass is 656 g/mol. The maximum atomic E-state index is 5.80. The zero-order valence-electron chi connectivity index (χ0n) is 30.7. The van der Waals surface area contributed by atoms with E-state index in [1.807, 2.05) is 0 Å². The number of benzene rings is 4. The fourth-order valence-electron chi connectivity index (χ4n) is 7.25. The summed E-state index contributed by atoms with van der Waals surface area (Å²) >= 11 is 0. The van der Waals surface area contributed by atoms with Gasteiger partial charge in [-0.3, -0.25) is 0 Å². The van der Waals surface area contributed by atoms with Gasteiger partial charge in [0, 0.05) is 11.8 Å². The van der Waals surface area contributed by atoms with Gasteiger partial charge >= 0.3 is 0 Å². The Morgan fingerprint density at radius 2 is 0.755 bits per heavy atom. The molecule has 256 valence electrons. The minimum Gasteiger partial charge on any atom is -0.465 e. The van der Waals surface area contributed by atoms with Crippen LogP contribution in [0.2, 0.25) is 0 Å². The zero-order valence-corrected chi connectivity index (χ0v) is 30.7. The first kappa shape index (κ1) is 36.9.